The zero-order valence-electron chi connectivity index (χ0n) is 33.2. The van der Waals surface area contributed by atoms with Gasteiger partial charge >= 0.3 is 32.3 Å². The summed E-state index contributed by atoms with van der Waals surface area (Å²) in [6.07, 6.45) is 0.824. The summed E-state index contributed by atoms with van der Waals surface area (Å²) in [7, 11) is 0. The minimum absolute atomic E-state index is 0. The van der Waals surface area contributed by atoms with Crippen LogP contribution in [0.15, 0.2) is 127 Å². The number of fused-ring (bicyclic) bond motifs is 4. The number of aromatic nitrogens is 2. The molecule has 0 amide bonds. The summed E-state index contributed by atoms with van der Waals surface area (Å²) >= 11 is 3.02. The monoisotopic (exact) mass is 997 g/mol. The molecule has 0 bridgehead atoms. The Morgan fingerprint density at radius 3 is 1.40 bits per heavy atom. The maximum atomic E-state index is 12.5. The molecule has 4 heterocycles. The van der Waals surface area contributed by atoms with Crippen molar-refractivity contribution < 1.29 is 40.1 Å². The van der Waals surface area contributed by atoms with Gasteiger partial charge in [0.1, 0.15) is 21.2 Å². The fourth-order valence-electron chi connectivity index (χ4n) is 6.39. The molecular formula is C45H46N4O6PtS2+4. The minimum Gasteiger partial charge on any atom is -0.513 e. The van der Waals surface area contributed by atoms with Crippen molar-refractivity contribution in [3.63, 3.8) is 0 Å². The van der Waals surface area contributed by atoms with Crippen LogP contribution >= 0.6 is 22.7 Å². The van der Waals surface area contributed by atoms with Crippen LogP contribution < -0.4 is 21.1 Å². The van der Waals surface area contributed by atoms with Crippen molar-refractivity contribution in [1.82, 2.24) is 9.97 Å². The molecule has 2 N–H and O–H groups in total. The standard InChI is InChI=1S/2C20H18N2O2S.C5H10O2.Pt/c2*1-3-22(4-2)14-10-9-13-11-15(20(23)24-17(13)12-14)19-21-16-7-5-6-8-18(16)25-19;1-4(6)3-5(2)7;/h2*5-12H,3-4H2,1-2H3;3-4,6-7H,1-2H3;/q;;;+4/b;;5-3-;. The number of hydrogen-bond acceptors (Lipinski definition) is 12. The Kier molecular flexibility index (Phi) is 15.2. The number of nitrogens with zero attached hydrogens (tertiary/aromatic N) is 4. The van der Waals surface area contributed by atoms with E-state index in [1.165, 1.54) is 35.7 Å². The molecule has 0 fully saturated rings. The number of anilines is 2. The molecule has 8 rings (SSSR count). The molecule has 4 aromatic carbocycles. The summed E-state index contributed by atoms with van der Waals surface area (Å²) in [4.78, 5) is 38.6. The fraction of sp³-hybridized carbons (Fsp3) is 0.244. The number of aliphatic hydroxyl groups excluding tert-OH is 2. The summed E-state index contributed by atoms with van der Waals surface area (Å²) in [6.45, 7) is 15.2. The number of aliphatic hydroxyl groups is 2. The first-order valence-corrected chi connectivity index (χ1v) is 20.6. The smallest absolute Gasteiger partial charge is 0.513 e. The van der Waals surface area contributed by atoms with Crippen molar-refractivity contribution in [2.24, 2.45) is 0 Å². The summed E-state index contributed by atoms with van der Waals surface area (Å²) in [6, 6.07) is 31.5. The van der Waals surface area contributed by atoms with Crippen molar-refractivity contribution in [3.05, 3.63) is 130 Å². The van der Waals surface area contributed by atoms with Crippen molar-refractivity contribution >= 4 is 76.4 Å². The molecule has 300 valence electrons. The second-order valence-corrected chi connectivity index (χ2v) is 15.3. The first kappa shape index (κ1) is 44.0. The van der Waals surface area contributed by atoms with Gasteiger partial charge in [-0.3, -0.25) is 0 Å². The molecule has 4 aromatic heterocycles. The van der Waals surface area contributed by atoms with Gasteiger partial charge in [0, 0.05) is 60.5 Å². The summed E-state index contributed by atoms with van der Waals surface area (Å²) < 4.78 is 13.3. The second kappa shape index (κ2) is 20.0. The number of allylic oxidation sites excluding steroid dienone is 1. The fourth-order valence-corrected chi connectivity index (χ4v) is 8.33. The van der Waals surface area contributed by atoms with Gasteiger partial charge in [0.2, 0.25) is 0 Å². The average Bonchev–Trinajstić information content (AvgIpc) is 3.83. The van der Waals surface area contributed by atoms with Gasteiger partial charge in [-0.05, 0) is 108 Å². The Labute approximate surface area is 359 Å². The molecule has 8 aromatic rings. The molecule has 0 saturated heterocycles. The molecule has 0 aliphatic heterocycles. The molecule has 0 spiro atoms. The van der Waals surface area contributed by atoms with Crippen molar-refractivity contribution in [2.75, 3.05) is 36.0 Å². The van der Waals surface area contributed by atoms with Crippen molar-refractivity contribution in [2.45, 2.75) is 47.6 Å². The molecule has 0 aliphatic carbocycles. The number of para-hydroxylation sites is 2. The van der Waals surface area contributed by atoms with Crippen LogP contribution in [0.5, 0.6) is 0 Å². The molecule has 0 radical (unpaired) electrons. The zero-order chi connectivity index (χ0) is 40.6. The van der Waals surface area contributed by atoms with E-state index in [1.807, 2.05) is 84.9 Å². The molecule has 1 unspecified atom stereocenters. The van der Waals surface area contributed by atoms with Crippen LogP contribution in [0.3, 0.4) is 0 Å². The molecule has 10 nitrogen and oxygen atoms in total. The average molecular weight is 998 g/mol. The largest absolute Gasteiger partial charge is 4.00 e. The predicted molar refractivity (Wildman–Crippen MR) is 237 cm³/mol. The number of hydrogen-bond donors (Lipinski definition) is 2. The third-order valence-corrected chi connectivity index (χ3v) is 11.4. The van der Waals surface area contributed by atoms with Gasteiger partial charge in [-0.2, -0.15) is 0 Å². The molecule has 0 aliphatic rings. The Bertz CT molecular complexity index is 2530. The van der Waals surface area contributed by atoms with E-state index >= 15 is 0 Å². The maximum Gasteiger partial charge on any atom is 4.00 e. The van der Waals surface area contributed by atoms with E-state index in [4.69, 9.17) is 19.0 Å². The van der Waals surface area contributed by atoms with Crippen LogP contribution in [0.25, 0.3) is 63.5 Å². The SMILES string of the molecule is C/C(O)=C/C(C)O.CCN(CC)c1ccc2cc(-c3nc4ccccc4s3)c(=O)oc2c1.CCN(CC)c1ccc2cc(-c3nc4ccccc4s3)c(=O)oc2c1.[Pt+4]. The molecule has 0 saturated carbocycles. The van der Waals surface area contributed by atoms with E-state index in [9.17, 15) is 9.59 Å². The number of benzene rings is 4. The minimum atomic E-state index is -0.537. The summed E-state index contributed by atoms with van der Waals surface area (Å²) in [5, 5.41) is 20.1. The van der Waals surface area contributed by atoms with E-state index in [0.29, 0.717) is 32.3 Å². The molecular weight excluding hydrogens is 952 g/mol. The first-order chi connectivity index (χ1) is 27.5. The van der Waals surface area contributed by atoms with Crippen LogP contribution in [0.4, 0.5) is 11.4 Å². The third kappa shape index (κ3) is 10.3. The second-order valence-electron chi connectivity index (χ2n) is 13.2. The van der Waals surface area contributed by atoms with E-state index < -0.39 is 6.10 Å². The molecule has 1 atom stereocenters. The molecule has 58 heavy (non-hydrogen) atoms. The van der Waals surface area contributed by atoms with Crippen LogP contribution in [0, 0.1) is 0 Å². The van der Waals surface area contributed by atoms with Gasteiger partial charge in [-0.1, -0.05) is 24.3 Å². The predicted octanol–water partition coefficient (Wildman–Crippen LogP) is 10.7. The van der Waals surface area contributed by atoms with Gasteiger partial charge in [0.25, 0.3) is 0 Å². The normalized spacial score (nSPS) is 11.7. The zero-order valence-corrected chi connectivity index (χ0v) is 37.1. The van der Waals surface area contributed by atoms with Crippen molar-refractivity contribution in [1.29, 1.82) is 0 Å². The Hall–Kier alpha value is -5.13. The Morgan fingerprint density at radius 1 is 0.672 bits per heavy atom. The Morgan fingerprint density at radius 2 is 1.07 bits per heavy atom. The number of thiazole rings is 2. The quantitative estimate of drug-likeness (QED) is 0.106. The van der Waals surface area contributed by atoms with E-state index in [1.54, 1.807) is 6.92 Å². The van der Waals surface area contributed by atoms with Gasteiger partial charge in [-0.25, -0.2) is 19.6 Å². The van der Waals surface area contributed by atoms with Gasteiger partial charge in [0.15, 0.2) is 0 Å². The topological polar surface area (TPSA) is 133 Å². The molecule has 13 heteroatoms. The van der Waals surface area contributed by atoms with Gasteiger partial charge < -0.3 is 28.8 Å². The van der Waals surface area contributed by atoms with Crippen molar-refractivity contribution in [3.8, 4) is 21.1 Å². The first-order valence-electron chi connectivity index (χ1n) is 18.9. The van der Waals surface area contributed by atoms with E-state index in [-0.39, 0.29) is 38.1 Å². The van der Waals surface area contributed by atoms with Crippen LogP contribution in [-0.4, -0.2) is 52.5 Å². The third-order valence-electron chi connectivity index (χ3n) is 9.23. The van der Waals surface area contributed by atoms with Crippen LogP contribution in [0.1, 0.15) is 41.5 Å². The van der Waals surface area contributed by atoms with Gasteiger partial charge in [-0.15, -0.1) is 22.7 Å². The summed E-state index contributed by atoms with van der Waals surface area (Å²) in [5.41, 5.74) is 5.50. The number of rotatable bonds is 9. The Balaban J connectivity index is 0.000000188. The summed E-state index contributed by atoms with van der Waals surface area (Å²) in [5.74, 6) is 0.162. The van der Waals surface area contributed by atoms with Crippen LogP contribution in [-0.2, 0) is 21.1 Å². The van der Waals surface area contributed by atoms with Crippen LogP contribution in [0.2, 0.25) is 0 Å². The van der Waals surface area contributed by atoms with E-state index in [0.717, 1.165) is 68.8 Å². The maximum absolute atomic E-state index is 12.5. The van der Waals surface area contributed by atoms with E-state index in [2.05, 4.69) is 59.6 Å². The van der Waals surface area contributed by atoms with Gasteiger partial charge in [0.05, 0.1) is 43.4 Å².